The maximum Gasteiger partial charge on any atom is 0.263 e. The molecule has 0 unspecified atom stereocenters. The van der Waals surface area contributed by atoms with Gasteiger partial charge in [0, 0.05) is 6.07 Å². The van der Waals surface area contributed by atoms with E-state index in [1.54, 1.807) is 43.3 Å². The molecule has 0 spiro atoms. The summed E-state index contributed by atoms with van der Waals surface area (Å²) in [5.41, 5.74) is 0.961. The topological polar surface area (TPSA) is 78.3 Å². The molecule has 7 nitrogen and oxygen atoms in total. The molecule has 1 N–H and O–H groups in total. The molecule has 29 heavy (non-hydrogen) atoms. The van der Waals surface area contributed by atoms with Gasteiger partial charge < -0.3 is 14.8 Å². The van der Waals surface area contributed by atoms with Gasteiger partial charge in [-0.25, -0.2) is 9.37 Å². The zero-order valence-corrected chi connectivity index (χ0v) is 16.5. The second kappa shape index (κ2) is 7.88. The van der Waals surface area contributed by atoms with Gasteiger partial charge in [0.15, 0.2) is 18.1 Å². The number of nitrogens with one attached hydrogen (secondary N) is 1. The van der Waals surface area contributed by atoms with Crippen LogP contribution in [-0.4, -0.2) is 34.4 Å². The molecule has 0 aliphatic heterocycles. The van der Waals surface area contributed by atoms with Crippen molar-refractivity contribution in [2.75, 3.05) is 19.0 Å². The summed E-state index contributed by atoms with van der Waals surface area (Å²) in [5.74, 6) is 0.666. The van der Waals surface area contributed by atoms with E-state index in [0.717, 1.165) is 0 Å². The summed E-state index contributed by atoms with van der Waals surface area (Å²) >= 11 is 1.28. The average molecular weight is 412 g/mol. The largest absolute Gasteiger partial charge is 0.493 e. The Morgan fingerprint density at radius 2 is 2.00 bits per heavy atom. The lowest BCUT2D eigenvalue weighted by atomic mass is 10.3. The van der Waals surface area contributed by atoms with Crippen molar-refractivity contribution in [2.45, 2.75) is 6.92 Å². The van der Waals surface area contributed by atoms with E-state index in [1.807, 2.05) is 6.07 Å². The van der Waals surface area contributed by atoms with Gasteiger partial charge in [-0.15, -0.1) is 0 Å². The number of para-hydroxylation sites is 3. The molecule has 2 aromatic carbocycles. The van der Waals surface area contributed by atoms with E-state index in [0.29, 0.717) is 32.8 Å². The lowest BCUT2D eigenvalue weighted by Crippen LogP contribution is -2.22. The number of halogens is 1. The van der Waals surface area contributed by atoms with Crippen LogP contribution in [0.2, 0.25) is 0 Å². The van der Waals surface area contributed by atoms with Gasteiger partial charge >= 0.3 is 0 Å². The summed E-state index contributed by atoms with van der Waals surface area (Å²) in [6.07, 6.45) is 0. The second-order valence-electron chi connectivity index (χ2n) is 6.15. The molecular formula is C20H17FN4O3S. The van der Waals surface area contributed by atoms with Crippen molar-refractivity contribution in [3.8, 4) is 16.6 Å². The average Bonchev–Trinajstić information content (AvgIpc) is 3.30. The third-order valence-electron chi connectivity index (χ3n) is 4.07. The number of carbonyl (C=O) groups is 1. The molecule has 0 atom stereocenters. The van der Waals surface area contributed by atoms with E-state index in [4.69, 9.17) is 9.47 Å². The van der Waals surface area contributed by atoms with Crippen LogP contribution in [0.5, 0.6) is 11.5 Å². The molecule has 0 aliphatic rings. The number of carbonyl (C=O) groups excluding carboxylic acids is 1. The Bertz CT molecular complexity index is 1190. The number of hydrogen-bond donors (Lipinski definition) is 1. The SMILES string of the molecule is COc1ccccc1OCC(=O)Nc1cc(C)nn1-c1nc2c(F)cccc2s1. The van der Waals surface area contributed by atoms with Gasteiger partial charge in [0.2, 0.25) is 5.13 Å². The van der Waals surface area contributed by atoms with Crippen LogP contribution in [0.3, 0.4) is 0 Å². The summed E-state index contributed by atoms with van der Waals surface area (Å²) in [6, 6.07) is 13.6. The lowest BCUT2D eigenvalue weighted by molar-refractivity contribution is -0.118. The van der Waals surface area contributed by atoms with Crippen molar-refractivity contribution in [1.29, 1.82) is 0 Å². The highest BCUT2D eigenvalue weighted by atomic mass is 32.1. The first kappa shape index (κ1) is 18.9. The van der Waals surface area contributed by atoms with E-state index < -0.39 is 5.82 Å². The molecule has 0 radical (unpaired) electrons. The summed E-state index contributed by atoms with van der Waals surface area (Å²) in [5, 5.41) is 7.59. The van der Waals surface area contributed by atoms with Crippen LogP contribution in [0.4, 0.5) is 10.2 Å². The number of nitrogens with zero attached hydrogens (tertiary/aromatic N) is 3. The number of amides is 1. The highest BCUT2D eigenvalue weighted by Gasteiger charge is 2.16. The van der Waals surface area contributed by atoms with Crippen molar-refractivity contribution in [3.05, 3.63) is 60.0 Å². The van der Waals surface area contributed by atoms with E-state index >= 15 is 0 Å². The van der Waals surface area contributed by atoms with Gasteiger partial charge in [-0.3, -0.25) is 4.79 Å². The molecule has 0 fully saturated rings. The van der Waals surface area contributed by atoms with Crippen LogP contribution in [0, 0.1) is 12.7 Å². The fraction of sp³-hybridized carbons (Fsp3) is 0.150. The molecule has 4 aromatic rings. The molecule has 0 saturated heterocycles. The minimum atomic E-state index is -0.398. The lowest BCUT2D eigenvalue weighted by Gasteiger charge is -2.10. The smallest absolute Gasteiger partial charge is 0.263 e. The minimum absolute atomic E-state index is 0.209. The van der Waals surface area contributed by atoms with Gasteiger partial charge in [-0.1, -0.05) is 29.5 Å². The number of rotatable bonds is 6. The number of fused-ring (bicyclic) bond motifs is 1. The van der Waals surface area contributed by atoms with Crippen molar-refractivity contribution in [3.63, 3.8) is 0 Å². The standard InChI is InChI=1S/C20H17FN4O3S/c1-12-10-17(22-18(26)11-28-15-8-4-3-7-14(15)27-2)25(24-12)20-23-19-13(21)6-5-9-16(19)29-20/h3-10H,11H2,1-2H3,(H,22,26). The first-order valence-corrected chi connectivity index (χ1v) is 9.54. The Balaban J connectivity index is 1.53. The minimum Gasteiger partial charge on any atom is -0.493 e. The summed E-state index contributed by atoms with van der Waals surface area (Å²) in [6.45, 7) is 1.59. The van der Waals surface area contributed by atoms with Crippen molar-refractivity contribution < 1.29 is 18.7 Å². The maximum atomic E-state index is 14.0. The fourth-order valence-electron chi connectivity index (χ4n) is 2.79. The van der Waals surface area contributed by atoms with Gasteiger partial charge in [0.25, 0.3) is 5.91 Å². The van der Waals surface area contributed by atoms with E-state index in [-0.39, 0.29) is 18.0 Å². The first-order chi connectivity index (χ1) is 14.0. The quantitative estimate of drug-likeness (QED) is 0.519. The Morgan fingerprint density at radius 1 is 1.21 bits per heavy atom. The van der Waals surface area contributed by atoms with Crippen molar-refractivity contribution in [2.24, 2.45) is 0 Å². The number of anilines is 1. The fourth-order valence-corrected chi connectivity index (χ4v) is 3.73. The number of aryl methyl sites for hydroxylation is 1. The monoisotopic (exact) mass is 412 g/mol. The molecule has 0 aliphatic carbocycles. The zero-order valence-electron chi connectivity index (χ0n) is 15.7. The van der Waals surface area contributed by atoms with Crippen molar-refractivity contribution in [1.82, 2.24) is 14.8 Å². The van der Waals surface area contributed by atoms with Gasteiger partial charge in [-0.05, 0) is 31.2 Å². The van der Waals surface area contributed by atoms with Gasteiger partial charge in [0.05, 0.1) is 17.5 Å². The first-order valence-electron chi connectivity index (χ1n) is 8.73. The third-order valence-corrected chi connectivity index (χ3v) is 5.06. The molecular weight excluding hydrogens is 395 g/mol. The van der Waals surface area contributed by atoms with E-state index in [9.17, 15) is 9.18 Å². The van der Waals surface area contributed by atoms with Gasteiger partial charge in [-0.2, -0.15) is 9.78 Å². The van der Waals surface area contributed by atoms with Crippen LogP contribution in [0.1, 0.15) is 5.69 Å². The molecule has 148 valence electrons. The van der Waals surface area contributed by atoms with Crippen LogP contribution < -0.4 is 14.8 Å². The third kappa shape index (κ3) is 3.90. The van der Waals surface area contributed by atoms with Crippen molar-refractivity contribution >= 4 is 33.3 Å². The molecule has 4 rings (SSSR count). The molecule has 0 saturated carbocycles. The number of hydrogen-bond acceptors (Lipinski definition) is 6. The van der Waals surface area contributed by atoms with E-state index in [2.05, 4.69) is 15.4 Å². The Hall–Kier alpha value is -3.46. The number of aromatic nitrogens is 3. The summed E-state index contributed by atoms with van der Waals surface area (Å²) in [4.78, 5) is 16.7. The van der Waals surface area contributed by atoms with Crippen LogP contribution in [0.25, 0.3) is 15.3 Å². The Kier molecular flexibility index (Phi) is 5.13. The summed E-state index contributed by atoms with van der Waals surface area (Å²) in [7, 11) is 1.53. The van der Waals surface area contributed by atoms with Crippen LogP contribution in [0.15, 0.2) is 48.5 Å². The molecule has 0 bridgehead atoms. The Morgan fingerprint density at radius 3 is 2.76 bits per heavy atom. The van der Waals surface area contributed by atoms with Crippen LogP contribution >= 0.6 is 11.3 Å². The highest BCUT2D eigenvalue weighted by molar-refractivity contribution is 7.20. The Labute approximate surface area is 169 Å². The predicted molar refractivity (Wildman–Crippen MR) is 109 cm³/mol. The second-order valence-corrected chi connectivity index (χ2v) is 7.16. The normalized spacial score (nSPS) is 10.9. The molecule has 2 aromatic heterocycles. The predicted octanol–water partition coefficient (Wildman–Crippen LogP) is 3.96. The summed E-state index contributed by atoms with van der Waals surface area (Å²) < 4.78 is 26.9. The number of thiazole rings is 1. The highest BCUT2D eigenvalue weighted by Crippen LogP contribution is 2.29. The zero-order chi connectivity index (χ0) is 20.4. The molecule has 2 heterocycles. The maximum absolute atomic E-state index is 14.0. The number of benzene rings is 2. The molecule has 9 heteroatoms. The number of methoxy groups -OCH3 is 1. The molecule has 1 amide bonds. The number of ether oxygens (including phenoxy) is 2. The van der Waals surface area contributed by atoms with E-state index in [1.165, 1.54) is 29.2 Å². The van der Waals surface area contributed by atoms with Crippen LogP contribution in [-0.2, 0) is 4.79 Å². The van der Waals surface area contributed by atoms with Gasteiger partial charge in [0.1, 0.15) is 17.2 Å².